The van der Waals surface area contributed by atoms with Crippen LogP contribution in [0.2, 0.25) is 0 Å². The Morgan fingerprint density at radius 3 is 2.53 bits per heavy atom. The van der Waals surface area contributed by atoms with Gasteiger partial charge in [-0.15, -0.1) is 0 Å². The van der Waals surface area contributed by atoms with Gasteiger partial charge in [-0.1, -0.05) is 0 Å². The summed E-state index contributed by atoms with van der Waals surface area (Å²) in [6.45, 7) is 1.99. The van der Waals surface area contributed by atoms with Crippen molar-refractivity contribution in [2.45, 2.75) is 25.9 Å². The van der Waals surface area contributed by atoms with Crippen LogP contribution in [0.15, 0.2) is 0 Å². The minimum absolute atomic E-state index is 0.163. The van der Waals surface area contributed by atoms with E-state index in [0.717, 1.165) is 0 Å². The summed E-state index contributed by atoms with van der Waals surface area (Å²) in [4.78, 5) is 21.4. The summed E-state index contributed by atoms with van der Waals surface area (Å²) in [6.07, 6.45) is 0.359. The van der Waals surface area contributed by atoms with Crippen LogP contribution in [-0.2, 0) is 23.7 Å². The van der Waals surface area contributed by atoms with Crippen LogP contribution in [0.4, 0.5) is 4.79 Å². The highest BCUT2D eigenvalue weighted by atomic mass is 16.8. The zero-order chi connectivity index (χ0) is 11.1. The van der Waals surface area contributed by atoms with Crippen molar-refractivity contribution in [3.8, 4) is 0 Å². The van der Waals surface area contributed by atoms with Crippen LogP contribution in [0.5, 0.6) is 0 Å². The first-order chi connectivity index (χ1) is 7.18. The van der Waals surface area contributed by atoms with Crippen molar-refractivity contribution < 1.29 is 28.5 Å². The molecule has 0 saturated carbocycles. The number of hydrogen-bond donors (Lipinski definition) is 0. The Kier molecular flexibility index (Phi) is 4.89. The molecule has 0 bridgehead atoms. The minimum Gasteiger partial charge on any atom is -0.431 e. The molecule has 1 rings (SSSR count). The smallest absolute Gasteiger partial charge is 0.431 e. The van der Waals surface area contributed by atoms with E-state index in [0.29, 0.717) is 26.1 Å². The Bertz CT molecular complexity index is 221. The molecule has 1 fully saturated rings. The number of rotatable bonds is 3. The molecule has 0 unspecified atom stereocenters. The maximum Gasteiger partial charge on any atom is 0.511 e. The molecule has 0 aromatic rings. The van der Waals surface area contributed by atoms with E-state index >= 15 is 0 Å². The molecule has 0 atom stereocenters. The summed E-state index contributed by atoms with van der Waals surface area (Å²) in [5.41, 5.74) is 0. The fraction of sp³-hybridized carbons (Fsp3) is 0.778. The zero-order valence-corrected chi connectivity index (χ0v) is 8.56. The van der Waals surface area contributed by atoms with Crippen molar-refractivity contribution in [2.24, 2.45) is 0 Å². The van der Waals surface area contributed by atoms with E-state index in [1.54, 1.807) is 0 Å². The number of hydrogen-bond acceptors (Lipinski definition) is 6. The quantitative estimate of drug-likeness (QED) is 0.516. The summed E-state index contributed by atoms with van der Waals surface area (Å²) in [5.74, 6) is -0.506. The first-order valence-corrected chi connectivity index (χ1v) is 4.73. The van der Waals surface area contributed by atoms with Gasteiger partial charge in [0.15, 0.2) is 0 Å². The molecule has 1 aliphatic rings. The first kappa shape index (κ1) is 11.8. The number of ether oxygens (including phenoxy) is 4. The fourth-order valence-electron chi connectivity index (χ4n) is 1.12. The summed E-state index contributed by atoms with van der Waals surface area (Å²) < 4.78 is 19.0. The minimum atomic E-state index is -0.817. The molecule has 1 heterocycles. The summed E-state index contributed by atoms with van der Waals surface area (Å²) >= 11 is 0. The maximum atomic E-state index is 11.0. The summed E-state index contributed by atoms with van der Waals surface area (Å²) in [7, 11) is 0. The van der Waals surface area contributed by atoms with Crippen molar-refractivity contribution in [1.82, 2.24) is 0 Å². The fourth-order valence-corrected chi connectivity index (χ4v) is 1.12. The van der Waals surface area contributed by atoms with E-state index in [2.05, 4.69) is 9.47 Å². The molecule has 15 heavy (non-hydrogen) atoms. The van der Waals surface area contributed by atoms with Gasteiger partial charge in [0.25, 0.3) is 0 Å². The van der Waals surface area contributed by atoms with E-state index < -0.39 is 18.9 Å². The Morgan fingerprint density at radius 2 is 1.93 bits per heavy atom. The number of carbonyl (C=O) groups excluding carboxylic acids is 2. The molecule has 0 aromatic carbocycles. The average molecular weight is 218 g/mol. The van der Waals surface area contributed by atoms with Gasteiger partial charge in [-0.2, -0.15) is 0 Å². The van der Waals surface area contributed by atoms with E-state index in [-0.39, 0.29) is 6.10 Å². The van der Waals surface area contributed by atoms with Crippen LogP contribution >= 0.6 is 0 Å². The first-order valence-electron chi connectivity index (χ1n) is 4.73. The third-order valence-electron chi connectivity index (χ3n) is 1.87. The third-order valence-corrected chi connectivity index (χ3v) is 1.87. The van der Waals surface area contributed by atoms with E-state index in [1.165, 1.54) is 6.92 Å². The monoisotopic (exact) mass is 218 g/mol. The zero-order valence-electron chi connectivity index (χ0n) is 8.56. The second-order valence-electron chi connectivity index (χ2n) is 3.08. The van der Waals surface area contributed by atoms with Gasteiger partial charge >= 0.3 is 12.1 Å². The van der Waals surface area contributed by atoms with Gasteiger partial charge in [0, 0.05) is 19.8 Å². The van der Waals surface area contributed by atoms with Crippen LogP contribution in [0.3, 0.4) is 0 Å². The van der Waals surface area contributed by atoms with Crippen LogP contribution in [0, 0.1) is 0 Å². The molecule has 0 spiro atoms. The molecular weight excluding hydrogens is 204 g/mol. The molecule has 6 heteroatoms. The lowest BCUT2D eigenvalue weighted by Crippen LogP contribution is -2.26. The van der Waals surface area contributed by atoms with Gasteiger partial charge in [0.05, 0.1) is 13.2 Å². The molecule has 1 aliphatic heterocycles. The standard InChI is InChI=1S/C9H14O6/c1-7(10)13-6-14-9(11)15-8-2-4-12-5-3-8/h8H,2-6H2,1H3. The van der Waals surface area contributed by atoms with Gasteiger partial charge < -0.3 is 18.9 Å². The van der Waals surface area contributed by atoms with Gasteiger partial charge in [0.1, 0.15) is 6.10 Å². The lowest BCUT2D eigenvalue weighted by molar-refractivity contribution is -0.151. The highest BCUT2D eigenvalue weighted by Crippen LogP contribution is 2.11. The van der Waals surface area contributed by atoms with Crippen molar-refractivity contribution >= 4 is 12.1 Å². The molecule has 1 saturated heterocycles. The highest BCUT2D eigenvalue weighted by Gasteiger charge is 2.18. The Labute approximate surface area is 87.4 Å². The number of carbonyl (C=O) groups is 2. The van der Waals surface area contributed by atoms with E-state index in [9.17, 15) is 9.59 Å². The normalized spacial score (nSPS) is 16.9. The van der Waals surface area contributed by atoms with E-state index in [1.807, 2.05) is 0 Å². The second-order valence-corrected chi connectivity index (χ2v) is 3.08. The van der Waals surface area contributed by atoms with Crippen LogP contribution in [0.25, 0.3) is 0 Å². The van der Waals surface area contributed by atoms with Crippen molar-refractivity contribution in [1.29, 1.82) is 0 Å². The Balaban J connectivity index is 2.09. The predicted molar refractivity (Wildman–Crippen MR) is 48.0 cm³/mol. The SMILES string of the molecule is CC(=O)OCOC(=O)OC1CCOCC1. The maximum absolute atomic E-state index is 11.0. The highest BCUT2D eigenvalue weighted by molar-refractivity contribution is 5.66. The number of esters is 1. The average Bonchev–Trinajstić information content (AvgIpc) is 2.18. The Hall–Kier alpha value is -1.30. The molecule has 0 aromatic heterocycles. The van der Waals surface area contributed by atoms with Crippen LogP contribution in [-0.4, -0.2) is 38.2 Å². The molecule has 0 N–H and O–H groups in total. The molecule has 6 nitrogen and oxygen atoms in total. The van der Waals surface area contributed by atoms with Crippen LogP contribution in [0.1, 0.15) is 19.8 Å². The molecule has 0 amide bonds. The van der Waals surface area contributed by atoms with Gasteiger partial charge in [-0.3, -0.25) is 4.79 Å². The van der Waals surface area contributed by atoms with E-state index in [4.69, 9.17) is 9.47 Å². The summed E-state index contributed by atoms with van der Waals surface area (Å²) in [6, 6.07) is 0. The van der Waals surface area contributed by atoms with Crippen molar-refractivity contribution in [3.05, 3.63) is 0 Å². The van der Waals surface area contributed by atoms with Crippen molar-refractivity contribution in [2.75, 3.05) is 20.0 Å². The topological polar surface area (TPSA) is 71.1 Å². The lowest BCUT2D eigenvalue weighted by atomic mass is 10.2. The molecule has 0 radical (unpaired) electrons. The third kappa shape index (κ3) is 5.21. The largest absolute Gasteiger partial charge is 0.511 e. The van der Waals surface area contributed by atoms with Crippen LogP contribution < -0.4 is 0 Å². The second kappa shape index (κ2) is 6.23. The Morgan fingerprint density at radius 1 is 1.27 bits per heavy atom. The lowest BCUT2D eigenvalue weighted by Gasteiger charge is -2.21. The predicted octanol–water partition coefficient (Wildman–Crippen LogP) is 0.839. The van der Waals surface area contributed by atoms with Gasteiger partial charge in [0.2, 0.25) is 6.79 Å². The molecule has 0 aliphatic carbocycles. The molecular formula is C9H14O6. The van der Waals surface area contributed by atoms with Gasteiger partial charge in [-0.05, 0) is 0 Å². The summed E-state index contributed by atoms with van der Waals surface area (Å²) in [5, 5.41) is 0. The van der Waals surface area contributed by atoms with Gasteiger partial charge in [-0.25, -0.2) is 4.79 Å². The molecule has 86 valence electrons. The van der Waals surface area contributed by atoms with Crippen molar-refractivity contribution in [3.63, 3.8) is 0 Å².